The van der Waals surface area contributed by atoms with Crippen molar-refractivity contribution < 1.29 is 4.39 Å². The summed E-state index contributed by atoms with van der Waals surface area (Å²) in [5, 5.41) is 0. The highest BCUT2D eigenvalue weighted by Crippen LogP contribution is 2.21. The lowest BCUT2D eigenvalue weighted by molar-refractivity contribution is 0.610. The first-order chi connectivity index (χ1) is 12.3. The van der Waals surface area contributed by atoms with Crippen LogP contribution in [0.4, 0.5) is 4.39 Å². The summed E-state index contributed by atoms with van der Waals surface area (Å²) in [6.07, 6.45) is 5.08. The molecule has 2 aromatic rings. The summed E-state index contributed by atoms with van der Waals surface area (Å²) in [5.41, 5.74) is 7.62. The second-order valence-electron chi connectivity index (χ2n) is 6.41. The quantitative estimate of drug-likeness (QED) is 0.205. The second-order valence-corrected chi connectivity index (χ2v) is 9.46. The molecule has 0 amide bonds. The summed E-state index contributed by atoms with van der Waals surface area (Å²) >= 11 is 6.68. The fourth-order valence-corrected chi connectivity index (χ4v) is 4.47. The highest BCUT2D eigenvalue weighted by Gasteiger charge is 2.18. The van der Waals surface area contributed by atoms with E-state index in [4.69, 9.17) is 0 Å². The molecule has 0 nitrogen and oxygen atoms in total. The standard InChI is InChI=1S/C21H20BFI3/c1-12(6-5-9-24)10-16-11-17(25)7-8-18(16)22-19-13(2)14(3)21(26)20(23)15(19)4/h5-9,11H,10H2,1-4H3/b9-5-,12-6-. The largest absolute Gasteiger partial charge is 0.206 e. The van der Waals surface area contributed by atoms with Crippen LogP contribution in [0.5, 0.6) is 0 Å². The topological polar surface area (TPSA) is 0 Å². The molecule has 0 bridgehead atoms. The molecule has 0 fully saturated rings. The minimum atomic E-state index is -0.102. The van der Waals surface area contributed by atoms with Gasteiger partial charge in [0.2, 0.25) is 0 Å². The molecule has 135 valence electrons. The van der Waals surface area contributed by atoms with Crippen LogP contribution in [0.15, 0.2) is 40.0 Å². The molecule has 5 heteroatoms. The van der Waals surface area contributed by atoms with Crippen LogP contribution in [0.3, 0.4) is 0 Å². The van der Waals surface area contributed by atoms with E-state index in [0.29, 0.717) is 0 Å². The summed E-state index contributed by atoms with van der Waals surface area (Å²) < 4.78 is 18.5. The highest BCUT2D eigenvalue weighted by atomic mass is 127. The van der Waals surface area contributed by atoms with Crippen molar-refractivity contribution in [1.29, 1.82) is 0 Å². The predicted molar refractivity (Wildman–Crippen MR) is 138 cm³/mol. The molecule has 0 aliphatic carbocycles. The Morgan fingerprint density at radius 3 is 2.46 bits per heavy atom. The van der Waals surface area contributed by atoms with E-state index in [0.717, 1.165) is 37.6 Å². The van der Waals surface area contributed by atoms with Crippen molar-refractivity contribution in [2.24, 2.45) is 0 Å². The van der Waals surface area contributed by atoms with Gasteiger partial charge >= 0.3 is 0 Å². The van der Waals surface area contributed by atoms with Crippen LogP contribution < -0.4 is 10.9 Å². The van der Waals surface area contributed by atoms with Crippen LogP contribution in [-0.2, 0) is 6.42 Å². The number of hydrogen-bond donors (Lipinski definition) is 0. The molecule has 0 saturated heterocycles. The molecule has 2 aromatic carbocycles. The van der Waals surface area contributed by atoms with Gasteiger partial charge in [-0.05, 0) is 112 Å². The average molecular weight is 683 g/mol. The zero-order valence-electron chi connectivity index (χ0n) is 15.3. The van der Waals surface area contributed by atoms with Gasteiger partial charge in [-0.15, -0.1) is 0 Å². The van der Waals surface area contributed by atoms with Crippen LogP contribution in [0.2, 0.25) is 0 Å². The predicted octanol–water partition coefficient (Wildman–Crippen LogP) is 6.05. The van der Waals surface area contributed by atoms with Crippen LogP contribution >= 0.6 is 67.8 Å². The first-order valence-electron chi connectivity index (χ1n) is 8.26. The lowest BCUT2D eigenvalue weighted by Gasteiger charge is -2.17. The molecule has 26 heavy (non-hydrogen) atoms. The SMILES string of the molecule is C/C(=C/C=C\I)Cc1cc(I)ccc1[B]c1c(C)c(C)c(I)c(F)c1C. The van der Waals surface area contributed by atoms with Gasteiger partial charge in [-0.1, -0.05) is 62.9 Å². The number of rotatable bonds is 5. The number of allylic oxidation sites excluding steroid dienone is 3. The van der Waals surface area contributed by atoms with Crippen LogP contribution in [-0.4, -0.2) is 7.28 Å². The van der Waals surface area contributed by atoms with Crippen molar-refractivity contribution in [2.45, 2.75) is 34.1 Å². The van der Waals surface area contributed by atoms with Crippen molar-refractivity contribution in [3.05, 3.63) is 75.2 Å². The van der Waals surface area contributed by atoms with Crippen molar-refractivity contribution in [1.82, 2.24) is 0 Å². The first kappa shape index (κ1) is 22.4. The fourth-order valence-electron chi connectivity index (χ4n) is 2.90. The van der Waals surface area contributed by atoms with Gasteiger partial charge in [0.25, 0.3) is 0 Å². The Kier molecular flexibility index (Phi) is 8.65. The Morgan fingerprint density at radius 1 is 1.12 bits per heavy atom. The van der Waals surface area contributed by atoms with Crippen LogP contribution in [0, 0.1) is 33.7 Å². The van der Waals surface area contributed by atoms with Gasteiger partial charge in [0.1, 0.15) is 5.82 Å². The van der Waals surface area contributed by atoms with Crippen molar-refractivity contribution in [3.63, 3.8) is 0 Å². The Bertz CT molecular complexity index is 856. The van der Waals surface area contributed by atoms with Crippen LogP contribution in [0.25, 0.3) is 0 Å². The maximum Gasteiger partial charge on any atom is 0.192 e. The Morgan fingerprint density at radius 2 is 1.81 bits per heavy atom. The molecule has 0 spiro atoms. The summed E-state index contributed by atoms with van der Waals surface area (Å²) in [6, 6.07) is 6.47. The van der Waals surface area contributed by atoms with E-state index in [9.17, 15) is 4.39 Å². The van der Waals surface area contributed by atoms with Crippen molar-refractivity contribution in [2.75, 3.05) is 0 Å². The lowest BCUT2D eigenvalue weighted by Crippen LogP contribution is -2.35. The van der Waals surface area contributed by atoms with Gasteiger partial charge in [0.05, 0.1) is 3.57 Å². The molecule has 1 radical (unpaired) electrons. The molecule has 0 aliphatic rings. The fraction of sp³-hybridized carbons (Fsp3) is 0.238. The Balaban J connectivity index is 2.49. The summed E-state index contributed by atoms with van der Waals surface area (Å²) in [4.78, 5) is 0. The summed E-state index contributed by atoms with van der Waals surface area (Å²) in [7, 11) is 2.14. The zero-order valence-corrected chi connectivity index (χ0v) is 21.7. The average Bonchev–Trinajstić information content (AvgIpc) is 2.61. The highest BCUT2D eigenvalue weighted by molar-refractivity contribution is 14.1. The smallest absolute Gasteiger partial charge is 0.192 e. The molecule has 0 aliphatic heterocycles. The van der Waals surface area contributed by atoms with Gasteiger partial charge < -0.3 is 0 Å². The van der Waals surface area contributed by atoms with Gasteiger partial charge in [0, 0.05) is 3.57 Å². The first-order valence-corrected chi connectivity index (χ1v) is 11.7. The van der Waals surface area contributed by atoms with E-state index in [1.165, 1.54) is 14.7 Å². The van der Waals surface area contributed by atoms with E-state index < -0.39 is 0 Å². The van der Waals surface area contributed by atoms with E-state index in [2.05, 4.69) is 119 Å². The zero-order chi connectivity index (χ0) is 19.4. The van der Waals surface area contributed by atoms with E-state index >= 15 is 0 Å². The minimum absolute atomic E-state index is 0.102. The van der Waals surface area contributed by atoms with Gasteiger partial charge in [-0.2, -0.15) is 0 Å². The monoisotopic (exact) mass is 683 g/mol. The van der Waals surface area contributed by atoms with Gasteiger partial charge in [-0.3, -0.25) is 0 Å². The third-order valence-electron chi connectivity index (χ3n) is 4.55. The third kappa shape index (κ3) is 5.34. The minimum Gasteiger partial charge on any atom is -0.206 e. The molecule has 2 rings (SSSR count). The van der Waals surface area contributed by atoms with E-state index in [1.807, 2.05) is 17.9 Å². The van der Waals surface area contributed by atoms with Gasteiger partial charge in [-0.25, -0.2) is 4.39 Å². The molecule has 0 heterocycles. The van der Waals surface area contributed by atoms with Gasteiger partial charge in [0.15, 0.2) is 7.28 Å². The molecule has 0 aromatic heterocycles. The molecule has 0 atom stereocenters. The second kappa shape index (κ2) is 10.0. The maximum absolute atomic E-state index is 14.6. The van der Waals surface area contributed by atoms with E-state index in [1.54, 1.807) is 0 Å². The Hall–Kier alpha value is 0.105. The summed E-state index contributed by atoms with van der Waals surface area (Å²) in [6.45, 7) is 8.09. The molecule has 0 N–H and O–H groups in total. The number of halogens is 4. The third-order valence-corrected chi connectivity index (χ3v) is 6.92. The molecule has 0 unspecified atom stereocenters. The molecule has 0 saturated carbocycles. The molecular weight excluding hydrogens is 663 g/mol. The number of benzene rings is 2. The number of hydrogen-bond acceptors (Lipinski definition) is 0. The normalized spacial score (nSPS) is 12.1. The molecular formula is C21H20BFI3. The lowest BCUT2D eigenvalue weighted by atomic mass is 9.59. The Labute approximate surface area is 197 Å². The summed E-state index contributed by atoms with van der Waals surface area (Å²) in [5.74, 6) is -0.102. The van der Waals surface area contributed by atoms with E-state index in [-0.39, 0.29) is 5.82 Å². The van der Waals surface area contributed by atoms with Crippen LogP contribution in [0.1, 0.15) is 29.2 Å². The van der Waals surface area contributed by atoms with Crippen molar-refractivity contribution >= 4 is 86.0 Å². The maximum atomic E-state index is 14.6. The van der Waals surface area contributed by atoms with Crippen molar-refractivity contribution in [3.8, 4) is 0 Å².